The van der Waals surface area contributed by atoms with Crippen LogP contribution in [0.4, 0.5) is 0 Å². The van der Waals surface area contributed by atoms with E-state index >= 15 is 0 Å². The summed E-state index contributed by atoms with van der Waals surface area (Å²) in [4.78, 5) is 14.5. The van der Waals surface area contributed by atoms with Crippen molar-refractivity contribution in [3.8, 4) is 0 Å². The van der Waals surface area contributed by atoms with E-state index in [2.05, 4.69) is 27.7 Å². The molecular weight excluding hydrogens is 518 g/mol. The van der Waals surface area contributed by atoms with Crippen molar-refractivity contribution >= 4 is 16.0 Å². The van der Waals surface area contributed by atoms with Crippen molar-refractivity contribution in [1.29, 1.82) is 0 Å². The maximum absolute atomic E-state index is 12.9. The quantitative estimate of drug-likeness (QED) is 0.360. The molecule has 39 heavy (non-hydrogen) atoms. The number of amides is 1. The van der Waals surface area contributed by atoms with Gasteiger partial charge in [-0.15, -0.1) is 0 Å². The Kier molecular flexibility index (Phi) is 8.02. The van der Waals surface area contributed by atoms with Gasteiger partial charge in [-0.3, -0.25) is 9.35 Å². The smallest absolute Gasteiger partial charge is 0.269 e. The first-order valence-electron chi connectivity index (χ1n) is 15.5. The van der Waals surface area contributed by atoms with Crippen LogP contribution >= 0.6 is 0 Å². The number of hydrogen-bond acceptors (Lipinski definition) is 6. The molecule has 5 fully saturated rings. The third kappa shape index (κ3) is 4.80. The predicted octanol–water partition coefficient (Wildman–Crippen LogP) is 3.49. The van der Waals surface area contributed by atoms with Crippen molar-refractivity contribution in [1.82, 2.24) is 4.90 Å². The first-order valence-corrected chi connectivity index (χ1v) is 17.0. The maximum atomic E-state index is 12.9. The van der Waals surface area contributed by atoms with E-state index in [9.17, 15) is 33.1 Å². The summed E-state index contributed by atoms with van der Waals surface area (Å²) >= 11 is 0. The minimum atomic E-state index is -4.13. The van der Waals surface area contributed by atoms with Crippen LogP contribution in [0.2, 0.25) is 0 Å². The van der Waals surface area contributed by atoms with E-state index in [1.807, 2.05) is 0 Å². The summed E-state index contributed by atoms with van der Waals surface area (Å²) in [5, 5.41) is 33.3. The van der Waals surface area contributed by atoms with Crippen LogP contribution in [0.15, 0.2) is 0 Å². The minimum Gasteiger partial charge on any atom is -0.393 e. The largest absolute Gasteiger partial charge is 0.393 e. The highest BCUT2D eigenvalue weighted by molar-refractivity contribution is 7.86. The first-order chi connectivity index (χ1) is 18.2. The summed E-state index contributed by atoms with van der Waals surface area (Å²) in [5.74, 6) is 1.50. The van der Waals surface area contributed by atoms with Crippen LogP contribution in [0.5, 0.6) is 0 Å². The Bertz CT molecular complexity index is 1040. The van der Waals surface area contributed by atoms with Crippen LogP contribution in [0, 0.1) is 52.3 Å². The van der Waals surface area contributed by atoms with E-state index in [1.54, 1.807) is 4.90 Å². The highest BCUT2D eigenvalue weighted by Crippen LogP contribution is 2.69. The van der Waals surface area contributed by atoms with Crippen LogP contribution < -0.4 is 0 Å². The van der Waals surface area contributed by atoms with Gasteiger partial charge in [-0.25, -0.2) is 0 Å². The lowest BCUT2D eigenvalue weighted by molar-refractivity contribution is -0.228. The maximum Gasteiger partial charge on any atom is 0.269 e. The van der Waals surface area contributed by atoms with Gasteiger partial charge in [0.05, 0.1) is 18.3 Å². The Balaban J connectivity index is 1.30. The Hall–Kier alpha value is -0.740. The van der Waals surface area contributed by atoms with Crippen LogP contribution in [0.25, 0.3) is 0 Å². The average Bonchev–Trinajstić information content (AvgIpc) is 3.51. The number of carbonyl (C=O) groups excluding carboxylic acids is 1. The molecule has 0 spiro atoms. The second-order valence-electron chi connectivity index (χ2n) is 14.5. The summed E-state index contributed by atoms with van der Waals surface area (Å²) in [6, 6.07) is 0. The van der Waals surface area contributed by atoms with Crippen LogP contribution in [-0.2, 0) is 14.9 Å². The van der Waals surface area contributed by atoms with E-state index in [0.29, 0.717) is 25.8 Å². The standard InChI is InChI=1S/C30H51NO7S/c1-5-20-23-14-18(32)10-12-29(23,3)24-15-25(33)30(4)21(7-8-22(30)27(24)28(20)35)17(2)6-9-26(34)31-13-11-19(16-31)39(36,37)38/h17-25,27-28,32-33,35H,5-16H2,1-4H3,(H,36,37,38). The fourth-order valence-corrected chi connectivity index (χ4v) is 11.6. The normalized spacial score (nSPS) is 48.8. The van der Waals surface area contributed by atoms with Crippen molar-refractivity contribution < 1.29 is 33.1 Å². The van der Waals surface area contributed by atoms with Crippen LogP contribution in [0.3, 0.4) is 0 Å². The molecule has 4 N–H and O–H groups in total. The highest BCUT2D eigenvalue weighted by atomic mass is 32.2. The lowest BCUT2D eigenvalue weighted by atomic mass is 9.41. The van der Waals surface area contributed by atoms with Gasteiger partial charge in [0.25, 0.3) is 10.1 Å². The topological polar surface area (TPSA) is 135 Å². The van der Waals surface area contributed by atoms with Gasteiger partial charge >= 0.3 is 0 Å². The molecular formula is C30H51NO7S. The van der Waals surface area contributed by atoms with Crippen molar-refractivity contribution in [2.24, 2.45) is 52.3 Å². The molecule has 13 unspecified atom stereocenters. The molecule has 1 heterocycles. The van der Waals surface area contributed by atoms with E-state index < -0.39 is 27.6 Å². The predicted molar refractivity (Wildman–Crippen MR) is 148 cm³/mol. The summed E-state index contributed by atoms with van der Waals surface area (Å²) < 4.78 is 32.3. The molecule has 0 aromatic carbocycles. The number of nitrogens with zero attached hydrogens (tertiary/aromatic N) is 1. The molecule has 1 aliphatic heterocycles. The van der Waals surface area contributed by atoms with E-state index in [0.717, 1.165) is 38.5 Å². The number of fused-ring (bicyclic) bond motifs is 5. The van der Waals surface area contributed by atoms with Gasteiger partial charge in [0, 0.05) is 19.5 Å². The fourth-order valence-electron chi connectivity index (χ4n) is 10.8. The number of aliphatic hydroxyl groups is 3. The summed E-state index contributed by atoms with van der Waals surface area (Å²) in [7, 11) is -4.13. The lowest BCUT2D eigenvalue weighted by Gasteiger charge is -2.65. The van der Waals surface area contributed by atoms with Gasteiger partial charge in [-0.2, -0.15) is 8.42 Å². The Morgan fingerprint density at radius 1 is 1.03 bits per heavy atom. The molecule has 1 saturated heterocycles. The van der Waals surface area contributed by atoms with Gasteiger partial charge in [-0.05, 0) is 104 Å². The molecule has 0 aromatic heterocycles. The molecule has 9 heteroatoms. The zero-order valence-electron chi connectivity index (χ0n) is 24.2. The number of carbonyl (C=O) groups is 1. The molecule has 4 aliphatic carbocycles. The second-order valence-corrected chi connectivity index (χ2v) is 16.2. The zero-order chi connectivity index (χ0) is 28.5. The zero-order valence-corrected chi connectivity index (χ0v) is 25.0. The van der Waals surface area contributed by atoms with Gasteiger partial charge in [-0.1, -0.05) is 34.1 Å². The average molecular weight is 570 g/mol. The van der Waals surface area contributed by atoms with E-state index in [1.165, 1.54) is 0 Å². The molecule has 0 bridgehead atoms. The van der Waals surface area contributed by atoms with Crippen molar-refractivity contribution in [3.05, 3.63) is 0 Å². The molecule has 0 aromatic rings. The SMILES string of the molecule is CCC1C(O)C2C(CC(O)C3(C)C(C(C)CCC(=O)N4CCC(S(=O)(=O)O)C4)CCC23)C2(C)CCC(O)CC12. The summed E-state index contributed by atoms with van der Waals surface area (Å²) in [5.41, 5.74) is -0.290. The third-order valence-corrected chi connectivity index (χ3v) is 14.2. The molecule has 5 aliphatic rings. The molecule has 0 radical (unpaired) electrons. The summed E-state index contributed by atoms with van der Waals surface area (Å²) in [6.45, 7) is 9.37. The number of likely N-dealkylation sites (tertiary alicyclic amines) is 1. The van der Waals surface area contributed by atoms with Crippen LogP contribution in [-0.4, -0.2) is 75.7 Å². The number of hydrogen-bond donors (Lipinski definition) is 4. The van der Waals surface area contributed by atoms with Gasteiger partial charge < -0.3 is 20.2 Å². The van der Waals surface area contributed by atoms with Gasteiger partial charge in [0.15, 0.2) is 0 Å². The number of rotatable bonds is 6. The molecule has 8 nitrogen and oxygen atoms in total. The Morgan fingerprint density at radius 2 is 1.74 bits per heavy atom. The minimum absolute atomic E-state index is 0.0257. The van der Waals surface area contributed by atoms with Gasteiger partial charge in [0.1, 0.15) is 5.25 Å². The Labute approximate surface area is 234 Å². The first kappa shape index (κ1) is 29.7. The lowest BCUT2D eigenvalue weighted by Crippen LogP contribution is -2.65. The highest BCUT2D eigenvalue weighted by Gasteiger charge is 2.67. The molecule has 13 atom stereocenters. The second kappa shape index (κ2) is 10.5. The monoisotopic (exact) mass is 569 g/mol. The third-order valence-electron chi connectivity index (χ3n) is 13.0. The van der Waals surface area contributed by atoms with Gasteiger partial charge in [0.2, 0.25) is 5.91 Å². The molecule has 5 rings (SSSR count). The van der Waals surface area contributed by atoms with Crippen molar-refractivity contribution in [2.75, 3.05) is 13.1 Å². The van der Waals surface area contributed by atoms with E-state index in [4.69, 9.17) is 0 Å². The van der Waals surface area contributed by atoms with E-state index in [-0.39, 0.29) is 77.2 Å². The molecule has 224 valence electrons. The molecule has 4 saturated carbocycles. The Morgan fingerprint density at radius 3 is 2.38 bits per heavy atom. The van der Waals surface area contributed by atoms with Crippen molar-refractivity contribution in [3.63, 3.8) is 0 Å². The number of aliphatic hydroxyl groups excluding tert-OH is 3. The van der Waals surface area contributed by atoms with Crippen LogP contribution in [0.1, 0.15) is 91.9 Å². The summed E-state index contributed by atoms with van der Waals surface area (Å²) in [6.07, 6.45) is 6.19. The fraction of sp³-hybridized carbons (Fsp3) is 0.967. The molecule has 1 amide bonds. The van der Waals surface area contributed by atoms with Crippen molar-refractivity contribution in [2.45, 2.75) is 115 Å².